The molecule has 0 aliphatic carbocycles. The molecule has 1 N–H and O–H groups in total. The quantitative estimate of drug-likeness (QED) is 0.595. The van der Waals surface area contributed by atoms with Crippen molar-refractivity contribution in [3.63, 3.8) is 0 Å². The maximum atomic E-state index is 12.8. The predicted octanol–water partition coefficient (Wildman–Crippen LogP) is 4.36. The van der Waals surface area contributed by atoms with Crippen LogP contribution >= 0.6 is 11.3 Å². The zero-order valence-corrected chi connectivity index (χ0v) is 19.8. The topological polar surface area (TPSA) is 71.4 Å². The number of piperidine rings is 1. The van der Waals surface area contributed by atoms with E-state index in [9.17, 15) is 13.2 Å². The molecule has 4 rings (SSSR count). The van der Waals surface area contributed by atoms with E-state index in [-0.39, 0.29) is 22.4 Å². The molecular formula is C23H29N3O3S2. The zero-order valence-electron chi connectivity index (χ0n) is 18.2. The first-order valence-electron chi connectivity index (χ1n) is 10.7. The van der Waals surface area contributed by atoms with E-state index in [4.69, 9.17) is 0 Å². The van der Waals surface area contributed by atoms with Crippen molar-refractivity contribution in [2.24, 2.45) is 5.92 Å². The smallest absolute Gasteiger partial charge is 0.308 e. The summed E-state index contributed by atoms with van der Waals surface area (Å²) in [4.78, 5) is 14.7. The van der Waals surface area contributed by atoms with Crippen LogP contribution in [0, 0.1) is 5.92 Å². The Bertz CT molecular complexity index is 1230. The summed E-state index contributed by atoms with van der Waals surface area (Å²) in [5.74, 6) is 0.702. The molecule has 1 aliphatic rings. The van der Waals surface area contributed by atoms with E-state index in [0.29, 0.717) is 10.6 Å². The highest BCUT2D eigenvalue weighted by atomic mass is 32.2. The fourth-order valence-electron chi connectivity index (χ4n) is 4.18. The maximum absolute atomic E-state index is 12.8. The molecule has 1 aromatic heterocycles. The minimum atomic E-state index is -3.68. The number of nitrogens with one attached hydrogen (secondary N) is 1. The van der Waals surface area contributed by atoms with Crippen LogP contribution in [0.3, 0.4) is 0 Å². The van der Waals surface area contributed by atoms with Crippen LogP contribution in [0.15, 0.2) is 52.2 Å². The second-order valence-corrected chi connectivity index (χ2v) is 11.4. The third-order valence-electron chi connectivity index (χ3n) is 5.84. The van der Waals surface area contributed by atoms with Gasteiger partial charge in [0.15, 0.2) is 0 Å². The van der Waals surface area contributed by atoms with Gasteiger partial charge in [-0.05, 0) is 68.5 Å². The second kappa shape index (κ2) is 8.76. The van der Waals surface area contributed by atoms with E-state index in [1.54, 1.807) is 22.8 Å². The zero-order chi connectivity index (χ0) is 22.2. The molecule has 1 fully saturated rings. The maximum Gasteiger partial charge on any atom is 0.308 e. The van der Waals surface area contributed by atoms with Crippen molar-refractivity contribution in [1.29, 1.82) is 0 Å². The molecule has 166 valence electrons. The summed E-state index contributed by atoms with van der Waals surface area (Å²) in [7, 11) is -3.68. The molecule has 2 heterocycles. The Morgan fingerprint density at radius 2 is 1.90 bits per heavy atom. The van der Waals surface area contributed by atoms with Gasteiger partial charge < -0.3 is 4.90 Å². The lowest BCUT2D eigenvalue weighted by molar-refractivity contribution is 0.447. The number of sulfonamides is 1. The summed E-state index contributed by atoms with van der Waals surface area (Å²) < 4.78 is 30.7. The molecule has 0 unspecified atom stereocenters. The van der Waals surface area contributed by atoms with Crippen molar-refractivity contribution in [2.45, 2.75) is 51.1 Å². The Kier molecular flexibility index (Phi) is 6.23. The van der Waals surface area contributed by atoms with E-state index in [1.807, 2.05) is 26.0 Å². The van der Waals surface area contributed by atoms with Crippen LogP contribution in [0.4, 0.5) is 5.69 Å². The van der Waals surface area contributed by atoms with E-state index in [1.165, 1.54) is 18.5 Å². The predicted molar refractivity (Wildman–Crippen MR) is 128 cm³/mol. The molecule has 0 bridgehead atoms. The van der Waals surface area contributed by atoms with Gasteiger partial charge in [0.05, 0.1) is 15.1 Å². The van der Waals surface area contributed by atoms with Crippen LogP contribution in [-0.4, -0.2) is 26.1 Å². The summed E-state index contributed by atoms with van der Waals surface area (Å²) in [5.41, 5.74) is 2.87. The average Bonchev–Trinajstić information content (AvgIpc) is 3.08. The molecule has 8 heteroatoms. The Labute approximate surface area is 187 Å². The van der Waals surface area contributed by atoms with Gasteiger partial charge in [-0.2, -0.15) is 0 Å². The summed E-state index contributed by atoms with van der Waals surface area (Å²) in [6.45, 7) is 8.53. The monoisotopic (exact) mass is 459 g/mol. The van der Waals surface area contributed by atoms with E-state index < -0.39 is 10.0 Å². The average molecular weight is 460 g/mol. The van der Waals surface area contributed by atoms with Crippen LogP contribution in [0.25, 0.3) is 10.2 Å². The number of rotatable bonds is 6. The second-order valence-electron chi connectivity index (χ2n) is 8.65. The number of aromatic nitrogens is 1. The van der Waals surface area contributed by atoms with Crippen molar-refractivity contribution in [1.82, 2.24) is 9.29 Å². The number of anilines is 1. The Morgan fingerprint density at radius 3 is 2.58 bits per heavy atom. The fraction of sp³-hybridized carbons (Fsp3) is 0.435. The Balaban J connectivity index is 1.47. The van der Waals surface area contributed by atoms with Crippen LogP contribution in [0.1, 0.15) is 45.2 Å². The van der Waals surface area contributed by atoms with Gasteiger partial charge >= 0.3 is 4.87 Å². The standard InChI is InChI=1S/C23H29N3O3S2/c1-16(2)26-21-11-10-20(13-22(21)30-23(26)27)31(28,29)24-14-18-6-8-19(9-7-18)25-12-4-5-17(3)15-25/h6-11,13,16-17,24H,4-5,12,14-15H2,1-3H3/t17-/m1/s1. The lowest BCUT2D eigenvalue weighted by atomic mass is 9.99. The number of benzene rings is 2. The normalized spacial score (nSPS) is 17.5. The molecule has 1 atom stereocenters. The molecule has 1 aliphatic heterocycles. The van der Waals surface area contributed by atoms with Gasteiger partial charge in [0.1, 0.15) is 0 Å². The van der Waals surface area contributed by atoms with E-state index in [2.05, 4.69) is 28.7 Å². The van der Waals surface area contributed by atoms with Gasteiger partial charge in [-0.25, -0.2) is 13.1 Å². The molecule has 0 radical (unpaired) electrons. The summed E-state index contributed by atoms with van der Waals surface area (Å²) in [6, 6.07) is 13.0. The summed E-state index contributed by atoms with van der Waals surface area (Å²) >= 11 is 1.08. The molecule has 0 spiro atoms. The molecule has 0 amide bonds. The minimum absolute atomic E-state index is 0.0259. The third kappa shape index (κ3) is 4.71. The first-order chi connectivity index (χ1) is 14.7. The lowest BCUT2D eigenvalue weighted by Gasteiger charge is -2.32. The first kappa shape index (κ1) is 22.0. The summed E-state index contributed by atoms with van der Waals surface area (Å²) in [5, 5.41) is 0. The molecule has 2 aromatic carbocycles. The van der Waals surface area contributed by atoms with Gasteiger partial charge in [0.2, 0.25) is 10.0 Å². The van der Waals surface area contributed by atoms with Gasteiger partial charge in [-0.15, -0.1) is 0 Å². The van der Waals surface area contributed by atoms with E-state index in [0.717, 1.165) is 35.5 Å². The highest BCUT2D eigenvalue weighted by molar-refractivity contribution is 7.89. The molecule has 1 saturated heterocycles. The Morgan fingerprint density at radius 1 is 1.16 bits per heavy atom. The number of thiazole rings is 1. The van der Waals surface area contributed by atoms with Crippen LogP contribution in [0.5, 0.6) is 0 Å². The molecular weight excluding hydrogens is 430 g/mol. The molecule has 0 saturated carbocycles. The van der Waals surface area contributed by atoms with Crippen molar-refractivity contribution < 1.29 is 8.42 Å². The summed E-state index contributed by atoms with van der Waals surface area (Å²) in [6.07, 6.45) is 2.49. The van der Waals surface area contributed by atoms with Crippen LogP contribution < -0.4 is 14.5 Å². The lowest BCUT2D eigenvalue weighted by Crippen LogP contribution is -2.34. The number of hydrogen-bond donors (Lipinski definition) is 1. The van der Waals surface area contributed by atoms with Gasteiger partial charge in [-0.1, -0.05) is 30.4 Å². The number of hydrogen-bond acceptors (Lipinski definition) is 5. The molecule has 3 aromatic rings. The molecule has 31 heavy (non-hydrogen) atoms. The molecule has 6 nitrogen and oxygen atoms in total. The van der Waals surface area contributed by atoms with Crippen molar-refractivity contribution >= 4 is 37.3 Å². The number of nitrogens with zero attached hydrogens (tertiary/aromatic N) is 2. The SMILES string of the molecule is CC(C)n1c(=O)sc2cc(S(=O)(=O)NCc3ccc(N4CCC[C@@H](C)C4)cc3)ccc21. The van der Waals surface area contributed by atoms with E-state index >= 15 is 0 Å². The number of fused-ring (bicyclic) bond motifs is 1. The highest BCUT2D eigenvalue weighted by Gasteiger charge is 2.19. The van der Waals surface area contributed by atoms with Crippen molar-refractivity contribution in [2.75, 3.05) is 18.0 Å². The largest absolute Gasteiger partial charge is 0.371 e. The first-order valence-corrected chi connectivity index (χ1v) is 13.0. The van der Waals surface area contributed by atoms with Crippen molar-refractivity contribution in [3.8, 4) is 0 Å². The minimum Gasteiger partial charge on any atom is -0.371 e. The fourth-order valence-corrected chi connectivity index (χ4v) is 6.35. The van der Waals surface area contributed by atoms with Crippen LogP contribution in [-0.2, 0) is 16.6 Å². The van der Waals surface area contributed by atoms with Crippen molar-refractivity contribution in [3.05, 3.63) is 57.7 Å². The van der Waals surface area contributed by atoms with Gasteiger partial charge in [-0.3, -0.25) is 9.36 Å². The van der Waals surface area contributed by atoms with Crippen LogP contribution in [0.2, 0.25) is 0 Å². The van der Waals surface area contributed by atoms with Gasteiger partial charge in [0, 0.05) is 31.4 Å². The van der Waals surface area contributed by atoms with Gasteiger partial charge in [0.25, 0.3) is 0 Å². The highest BCUT2D eigenvalue weighted by Crippen LogP contribution is 2.25. The Hall–Kier alpha value is -2.16. The third-order valence-corrected chi connectivity index (χ3v) is 8.15.